The maximum Gasteiger partial charge on any atom is 0.159 e. The number of hydrogen-bond donors (Lipinski definition) is 1. The Labute approximate surface area is 86.8 Å². The van der Waals surface area contributed by atoms with Crippen molar-refractivity contribution in [1.29, 1.82) is 0 Å². The second kappa shape index (κ2) is 3.38. The van der Waals surface area contributed by atoms with Crippen LogP contribution in [-0.4, -0.2) is 14.9 Å². The largest absolute Gasteiger partial charge is 0.504 e. The summed E-state index contributed by atoms with van der Waals surface area (Å²) in [7, 11) is 0. The number of halogens is 1. The van der Waals surface area contributed by atoms with Crippen molar-refractivity contribution in [2.24, 2.45) is 0 Å². The van der Waals surface area contributed by atoms with Crippen LogP contribution in [0.2, 0.25) is 0 Å². The lowest BCUT2D eigenvalue weighted by Gasteiger charge is -2.04. The summed E-state index contributed by atoms with van der Waals surface area (Å²) in [5.74, 6) is -0.249. The molecule has 15 heavy (non-hydrogen) atoms. The molecule has 0 saturated carbocycles. The van der Waals surface area contributed by atoms with Gasteiger partial charge in [0.15, 0.2) is 5.75 Å². The van der Waals surface area contributed by atoms with Crippen LogP contribution in [0.5, 0.6) is 5.75 Å². The van der Waals surface area contributed by atoms with Gasteiger partial charge < -0.3 is 5.11 Å². The molecule has 4 heteroatoms. The van der Waals surface area contributed by atoms with Gasteiger partial charge in [0.25, 0.3) is 0 Å². The maximum atomic E-state index is 13.5. The van der Waals surface area contributed by atoms with Crippen molar-refractivity contribution in [3.8, 4) is 11.4 Å². The van der Waals surface area contributed by atoms with E-state index in [-0.39, 0.29) is 11.6 Å². The molecule has 1 aromatic heterocycles. The van der Waals surface area contributed by atoms with Gasteiger partial charge in [0, 0.05) is 0 Å². The number of aromatic hydroxyl groups is 1. The lowest BCUT2D eigenvalue weighted by Crippen LogP contribution is -2.01. The number of aromatic nitrogens is 2. The zero-order valence-electron chi connectivity index (χ0n) is 8.53. The molecule has 0 unspecified atom stereocenters. The van der Waals surface area contributed by atoms with E-state index in [2.05, 4.69) is 5.10 Å². The Balaban J connectivity index is 2.65. The Morgan fingerprint density at radius 1 is 1.27 bits per heavy atom. The predicted molar refractivity (Wildman–Crippen MR) is 54.7 cm³/mol. The quantitative estimate of drug-likeness (QED) is 0.777. The molecule has 0 saturated heterocycles. The van der Waals surface area contributed by atoms with E-state index in [0.29, 0.717) is 17.1 Å². The minimum Gasteiger partial charge on any atom is -0.504 e. The summed E-state index contributed by atoms with van der Waals surface area (Å²) < 4.78 is 14.9. The molecule has 0 spiro atoms. The SMILES string of the molecule is Cc1nn(-c2ccccc2F)c(C)c1O. The van der Waals surface area contributed by atoms with Gasteiger partial charge in [-0.3, -0.25) is 0 Å². The van der Waals surface area contributed by atoms with E-state index in [1.165, 1.54) is 10.7 Å². The first-order valence-corrected chi connectivity index (χ1v) is 4.61. The fourth-order valence-corrected chi connectivity index (χ4v) is 1.49. The fourth-order valence-electron chi connectivity index (χ4n) is 1.49. The minimum absolute atomic E-state index is 0.109. The molecule has 0 amide bonds. The van der Waals surface area contributed by atoms with Crippen LogP contribution in [0, 0.1) is 19.7 Å². The summed E-state index contributed by atoms with van der Waals surface area (Å²) in [6, 6.07) is 6.33. The van der Waals surface area contributed by atoms with E-state index in [1.807, 2.05) is 0 Å². The van der Waals surface area contributed by atoms with Gasteiger partial charge in [-0.05, 0) is 26.0 Å². The molecule has 0 radical (unpaired) electrons. The van der Waals surface area contributed by atoms with Crippen molar-refractivity contribution in [3.63, 3.8) is 0 Å². The molecule has 0 bridgehead atoms. The highest BCUT2D eigenvalue weighted by atomic mass is 19.1. The number of benzene rings is 1. The Kier molecular flexibility index (Phi) is 2.19. The molecular formula is C11H11FN2O. The third kappa shape index (κ3) is 1.48. The van der Waals surface area contributed by atoms with Gasteiger partial charge in [-0.15, -0.1) is 0 Å². The Morgan fingerprint density at radius 2 is 1.93 bits per heavy atom. The Morgan fingerprint density at radius 3 is 2.47 bits per heavy atom. The predicted octanol–water partition coefficient (Wildman–Crippen LogP) is 2.33. The second-order valence-corrected chi connectivity index (χ2v) is 3.38. The van der Waals surface area contributed by atoms with Gasteiger partial charge >= 0.3 is 0 Å². The van der Waals surface area contributed by atoms with Crippen LogP contribution in [0.4, 0.5) is 4.39 Å². The van der Waals surface area contributed by atoms with E-state index in [9.17, 15) is 9.50 Å². The van der Waals surface area contributed by atoms with E-state index >= 15 is 0 Å². The molecule has 0 aliphatic carbocycles. The van der Waals surface area contributed by atoms with Crippen molar-refractivity contribution >= 4 is 0 Å². The highest BCUT2D eigenvalue weighted by Gasteiger charge is 2.13. The van der Waals surface area contributed by atoms with Gasteiger partial charge in [-0.2, -0.15) is 5.10 Å². The van der Waals surface area contributed by atoms with Gasteiger partial charge in [0.2, 0.25) is 0 Å². The normalized spacial score (nSPS) is 10.6. The lowest BCUT2D eigenvalue weighted by molar-refractivity contribution is 0.466. The molecule has 1 heterocycles. The highest BCUT2D eigenvalue weighted by molar-refractivity contribution is 5.40. The smallest absolute Gasteiger partial charge is 0.159 e. The van der Waals surface area contributed by atoms with E-state index in [4.69, 9.17) is 0 Å². The van der Waals surface area contributed by atoms with E-state index < -0.39 is 0 Å². The summed E-state index contributed by atoms with van der Waals surface area (Å²) >= 11 is 0. The minimum atomic E-state index is -0.358. The van der Waals surface area contributed by atoms with Crippen molar-refractivity contribution in [2.75, 3.05) is 0 Å². The van der Waals surface area contributed by atoms with Crippen LogP contribution in [0.15, 0.2) is 24.3 Å². The van der Waals surface area contributed by atoms with Crippen LogP contribution in [-0.2, 0) is 0 Å². The average molecular weight is 206 g/mol. The van der Waals surface area contributed by atoms with Crippen LogP contribution < -0.4 is 0 Å². The first-order chi connectivity index (χ1) is 7.11. The highest BCUT2D eigenvalue weighted by Crippen LogP contribution is 2.24. The number of hydrogen-bond acceptors (Lipinski definition) is 2. The number of nitrogens with zero attached hydrogens (tertiary/aromatic N) is 2. The number of rotatable bonds is 1. The fraction of sp³-hybridized carbons (Fsp3) is 0.182. The van der Waals surface area contributed by atoms with Crippen molar-refractivity contribution < 1.29 is 9.50 Å². The topological polar surface area (TPSA) is 38.0 Å². The van der Waals surface area contributed by atoms with E-state index in [1.54, 1.807) is 32.0 Å². The van der Waals surface area contributed by atoms with Crippen molar-refractivity contribution in [1.82, 2.24) is 9.78 Å². The van der Waals surface area contributed by atoms with Crippen LogP contribution in [0.25, 0.3) is 5.69 Å². The van der Waals surface area contributed by atoms with Gasteiger partial charge in [-0.1, -0.05) is 12.1 Å². The molecule has 2 rings (SSSR count). The first kappa shape index (κ1) is 9.71. The Bertz CT molecular complexity index is 505. The summed E-state index contributed by atoms with van der Waals surface area (Å²) in [5, 5.41) is 13.6. The summed E-state index contributed by atoms with van der Waals surface area (Å²) in [6.45, 7) is 3.38. The molecule has 2 aromatic rings. The summed E-state index contributed by atoms with van der Waals surface area (Å²) in [4.78, 5) is 0. The van der Waals surface area contributed by atoms with E-state index in [0.717, 1.165) is 0 Å². The molecule has 1 N–H and O–H groups in total. The summed E-state index contributed by atoms with van der Waals surface area (Å²) in [5.41, 5.74) is 1.38. The van der Waals surface area contributed by atoms with Crippen molar-refractivity contribution in [2.45, 2.75) is 13.8 Å². The third-order valence-corrected chi connectivity index (χ3v) is 2.33. The van der Waals surface area contributed by atoms with Crippen molar-refractivity contribution in [3.05, 3.63) is 41.5 Å². The van der Waals surface area contributed by atoms with Gasteiger partial charge in [0.05, 0.1) is 5.69 Å². The molecule has 0 atom stereocenters. The summed E-state index contributed by atoms with van der Waals surface area (Å²) in [6.07, 6.45) is 0. The standard InChI is InChI=1S/C11H11FN2O/c1-7-11(15)8(2)14(13-7)10-6-4-3-5-9(10)12/h3-6,15H,1-2H3. The van der Waals surface area contributed by atoms with Crippen LogP contribution in [0.1, 0.15) is 11.4 Å². The molecule has 1 aromatic carbocycles. The molecule has 78 valence electrons. The second-order valence-electron chi connectivity index (χ2n) is 3.38. The Hall–Kier alpha value is -1.84. The van der Waals surface area contributed by atoms with Crippen LogP contribution >= 0.6 is 0 Å². The maximum absolute atomic E-state index is 13.5. The zero-order valence-corrected chi connectivity index (χ0v) is 8.53. The molecule has 0 aliphatic heterocycles. The van der Waals surface area contributed by atoms with Gasteiger partial charge in [0.1, 0.15) is 17.2 Å². The average Bonchev–Trinajstić information content (AvgIpc) is 2.47. The first-order valence-electron chi connectivity index (χ1n) is 4.61. The monoisotopic (exact) mass is 206 g/mol. The number of para-hydroxylation sites is 1. The molecule has 0 aliphatic rings. The zero-order chi connectivity index (χ0) is 11.0. The molecule has 3 nitrogen and oxygen atoms in total. The van der Waals surface area contributed by atoms with Crippen LogP contribution in [0.3, 0.4) is 0 Å². The lowest BCUT2D eigenvalue weighted by atomic mass is 10.3. The van der Waals surface area contributed by atoms with Gasteiger partial charge in [-0.25, -0.2) is 9.07 Å². The number of aryl methyl sites for hydroxylation is 1. The third-order valence-electron chi connectivity index (χ3n) is 2.33. The molecular weight excluding hydrogens is 195 g/mol. The molecule has 0 fully saturated rings.